The van der Waals surface area contributed by atoms with Gasteiger partial charge in [0, 0.05) is 21.9 Å². The molecule has 0 amide bonds. The molecule has 8 aromatic rings. The van der Waals surface area contributed by atoms with Gasteiger partial charge in [-0.2, -0.15) is 0 Å². The Bertz CT molecular complexity index is 2440. The number of fused-ring (bicyclic) bond motifs is 12. The molecule has 0 fully saturated rings. The van der Waals surface area contributed by atoms with E-state index in [1.807, 2.05) is 0 Å². The fourth-order valence-corrected chi connectivity index (χ4v) is 7.97. The molecule has 0 N–H and O–H groups in total. The molecule has 1 aromatic heterocycles. The molecular weight excluding hydrogens is 522 g/mol. The van der Waals surface area contributed by atoms with Crippen molar-refractivity contribution < 1.29 is 4.74 Å². The van der Waals surface area contributed by atoms with Crippen LogP contribution in [0.5, 0.6) is 11.5 Å². The average molecular weight is 548 g/mol. The van der Waals surface area contributed by atoms with E-state index < -0.39 is 5.41 Å². The summed E-state index contributed by atoms with van der Waals surface area (Å²) in [5.41, 5.74) is 10.5. The van der Waals surface area contributed by atoms with Crippen LogP contribution in [0.25, 0.3) is 49.4 Å². The Hall–Kier alpha value is -5.60. The van der Waals surface area contributed by atoms with Crippen LogP contribution in [0.15, 0.2) is 152 Å². The third kappa shape index (κ3) is 2.83. The molecule has 1 atom stereocenters. The molecule has 200 valence electrons. The highest BCUT2D eigenvalue weighted by molar-refractivity contribution is 6.12. The van der Waals surface area contributed by atoms with Gasteiger partial charge in [0.1, 0.15) is 11.5 Å². The van der Waals surface area contributed by atoms with E-state index in [2.05, 4.69) is 156 Å². The van der Waals surface area contributed by atoms with Crippen molar-refractivity contribution in [2.45, 2.75) is 5.41 Å². The van der Waals surface area contributed by atoms with Gasteiger partial charge < -0.3 is 9.30 Å². The first-order valence-electron chi connectivity index (χ1n) is 14.9. The lowest BCUT2D eigenvalue weighted by molar-refractivity contribution is 0.434. The monoisotopic (exact) mass is 547 g/mol. The Morgan fingerprint density at radius 2 is 1.14 bits per heavy atom. The maximum absolute atomic E-state index is 6.83. The van der Waals surface area contributed by atoms with Crippen LogP contribution in [0.2, 0.25) is 0 Å². The van der Waals surface area contributed by atoms with Gasteiger partial charge in [0.2, 0.25) is 0 Å². The lowest BCUT2D eigenvalue weighted by Gasteiger charge is -2.45. The van der Waals surface area contributed by atoms with Crippen LogP contribution >= 0.6 is 0 Å². The molecule has 7 aromatic carbocycles. The Morgan fingerprint density at radius 3 is 2.09 bits per heavy atom. The number of aromatic nitrogens is 1. The zero-order chi connectivity index (χ0) is 28.1. The van der Waals surface area contributed by atoms with Crippen molar-refractivity contribution >= 4 is 32.6 Å². The fourth-order valence-electron chi connectivity index (χ4n) is 7.97. The van der Waals surface area contributed by atoms with E-state index >= 15 is 0 Å². The smallest absolute Gasteiger partial charge is 0.132 e. The lowest BCUT2D eigenvalue weighted by atomic mass is 9.61. The molecule has 0 aliphatic carbocycles. The molecule has 10 rings (SSSR count). The van der Waals surface area contributed by atoms with Gasteiger partial charge in [-0.25, -0.2) is 0 Å². The fraction of sp³-hybridized carbons (Fsp3) is 0.0244. The van der Waals surface area contributed by atoms with E-state index in [-0.39, 0.29) is 0 Å². The number of para-hydroxylation sites is 4. The Morgan fingerprint density at radius 1 is 0.465 bits per heavy atom. The van der Waals surface area contributed by atoms with Gasteiger partial charge in [0.15, 0.2) is 0 Å². The van der Waals surface area contributed by atoms with Gasteiger partial charge in [-0.3, -0.25) is 0 Å². The summed E-state index contributed by atoms with van der Waals surface area (Å²) in [6.07, 6.45) is 0. The predicted molar refractivity (Wildman–Crippen MR) is 176 cm³/mol. The molecule has 0 saturated heterocycles. The molecule has 2 nitrogen and oxygen atoms in total. The number of rotatable bonds is 1. The van der Waals surface area contributed by atoms with E-state index in [9.17, 15) is 0 Å². The van der Waals surface area contributed by atoms with E-state index in [1.54, 1.807) is 0 Å². The van der Waals surface area contributed by atoms with Gasteiger partial charge in [-0.1, -0.05) is 127 Å². The van der Waals surface area contributed by atoms with Crippen molar-refractivity contribution in [1.82, 2.24) is 4.57 Å². The van der Waals surface area contributed by atoms with Crippen LogP contribution in [0.3, 0.4) is 0 Å². The first kappa shape index (κ1) is 23.0. The SMILES string of the molecule is c1ccc2c(c1)Oc1cc(-c3cccc4ccccc34)ccc1C21c2ccccc2-n2c3ccccc3c3cccc1c32. The van der Waals surface area contributed by atoms with Crippen molar-refractivity contribution in [3.05, 3.63) is 174 Å². The third-order valence-electron chi connectivity index (χ3n) is 9.64. The highest BCUT2D eigenvalue weighted by atomic mass is 16.5. The highest BCUT2D eigenvalue weighted by Gasteiger charge is 2.50. The van der Waals surface area contributed by atoms with Crippen molar-refractivity contribution in [1.29, 1.82) is 0 Å². The maximum atomic E-state index is 6.83. The second kappa shape index (κ2) is 8.24. The van der Waals surface area contributed by atoms with Gasteiger partial charge in [0.25, 0.3) is 0 Å². The number of benzene rings is 7. The molecule has 1 spiro atoms. The van der Waals surface area contributed by atoms with Gasteiger partial charge >= 0.3 is 0 Å². The average Bonchev–Trinajstić information content (AvgIpc) is 3.41. The number of ether oxygens (including phenoxy) is 1. The first-order chi connectivity index (χ1) is 21.3. The second-order valence-corrected chi connectivity index (χ2v) is 11.7. The molecule has 0 bridgehead atoms. The number of hydrogen-bond acceptors (Lipinski definition) is 1. The van der Waals surface area contributed by atoms with Crippen molar-refractivity contribution in [2.75, 3.05) is 0 Å². The third-order valence-corrected chi connectivity index (χ3v) is 9.64. The molecule has 43 heavy (non-hydrogen) atoms. The van der Waals surface area contributed by atoms with Crippen molar-refractivity contribution in [3.63, 3.8) is 0 Å². The van der Waals surface area contributed by atoms with E-state index in [4.69, 9.17) is 4.74 Å². The summed E-state index contributed by atoms with van der Waals surface area (Å²) in [7, 11) is 0. The molecule has 2 aliphatic heterocycles. The highest BCUT2D eigenvalue weighted by Crippen LogP contribution is 2.60. The summed E-state index contributed by atoms with van der Waals surface area (Å²) >= 11 is 0. The van der Waals surface area contributed by atoms with Crippen LogP contribution in [-0.2, 0) is 5.41 Å². The summed E-state index contributed by atoms with van der Waals surface area (Å²) in [5, 5.41) is 5.03. The van der Waals surface area contributed by atoms with E-state index in [0.29, 0.717) is 0 Å². The molecule has 2 heteroatoms. The van der Waals surface area contributed by atoms with Gasteiger partial charge in [-0.15, -0.1) is 0 Å². The molecular formula is C41H25NO. The molecule has 3 heterocycles. The standard InChI is InChI=1S/C41H25NO/c1-2-13-28-26(11-1)12-9-15-29(28)27-23-24-34-39(25-27)43-38-22-8-5-18-33(38)41(34)32-17-4-7-21-37(32)42-36-20-6-3-14-30(36)31-16-10-19-35(41)40(31)42/h1-25H. The van der Waals surface area contributed by atoms with Gasteiger partial charge in [0.05, 0.1) is 22.1 Å². The molecule has 0 saturated carbocycles. The summed E-state index contributed by atoms with van der Waals surface area (Å²) in [6.45, 7) is 0. The molecule has 0 radical (unpaired) electrons. The van der Waals surface area contributed by atoms with Crippen molar-refractivity contribution in [2.24, 2.45) is 0 Å². The van der Waals surface area contributed by atoms with E-state index in [1.165, 1.54) is 66.1 Å². The summed E-state index contributed by atoms with van der Waals surface area (Å²) in [5.74, 6) is 1.81. The number of nitrogens with zero attached hydrogens (tertiary/aromatic N) is 1. The second-order valence-electron chi connectivity index (χ2n) is 11.7. The van der Waals surface area contributed by atoms with E-state index in [0.717, 1.165) is 17.1 Å². The summed E-state index contributed by atoms with van der Waals surface area (Å²) in [6, 6.07) is 55.2. The minimum atomic E-state index is -0.540. The Balaban J connectivity index is 1.36. The predicted octanol–water partition coefficient (Wildman–Crippen LogP) is 10.4. The topological polar surface area (TPSA) is 14.2 Å². The lowest BCUT2D eigenvalue weighted by Crippen LogP contribution is -2.37. The molecule has 2 aliphatic rings. The normalized spacial score (nSPS) is 16.2. The van der Waals surface area contributed by atoms with Gasteiger partial charge in [-0.05, 0) is 57.3 Å². The van der Waals surface area contributed by atoms with Crippen LogP contribution in [-0.4, -0.2) is 4.57 Å². The minimum absolute atomic E-state index is 0.540. The largest absolute Gasteiger partial charge is 0.457 e. The summed E-state index contributed by atoms with van der Waals surface area (Å²) < 4.78 is 9.31. The van der Waals surface area contributed by atoms with Crippen LogP contribution in [0.1, 0.15) is 22.3 Å². The van der Waals surface area contributed by atoms with Crippen molar-refractivity contribution in [3.8, 4) is 28.3 Å². The summed E-state index contributed by atoms with van der Waals surface area (Å²) in [4.78, 5) is 0. The zero-order valence-corrected chi connectivity index (χ0v) is 23.3. The maximum Gasteiger partial charge on any atom is 0.132 e. The minimum Gasteiger partial charge on any atom is -0.457 e. The van der Waals surface area contributed by atoms with Crippen LogP contribution < -0.4 is 4.74 Å². The quantitative estimate of drug-likeness (QED) is 0.199. The zero-order valence-electron chi connectivity index (χ0n) is 23.3. The Labute approximate surface area is 249 Å². The van der Waals surface area contributed by atoms with Crippen LogP contribution in [0.4, 0.5) is 0 Å². The van der Waals surface area contributed by atoms with Crippen LogP contribution in [0, 0.1) is 0 Å². The Kier molecular flexibility index (Phi) is 4.41. The molecule has 1 unspecified atom stereocenters. The first-order valence-corrected chi connectivity index (χ1v) is 14.9. The number of hydrogen-bond donors (Lipinski definition) is 0.